The van der Waals surface area contributed by atoms with Gasteiger partial charge in [-0.1, -0.05) is 5.16 Å². The summed E-state index contributed by atoms with van der Waals surface area (Å²) >= 11 is 0. The first-order valence-electron chi connectivity index (χ1n) is 3.19. The molecule has 0 aromatic carbocycles. The van der Waals surface area contributed by atoms with Crippen LogP contribution < -0.4 is 5.73 Å². The van der Waals surface area contributed by atoms with Gasteiger partial charge >= 0.3 is 5.97 Å². The zero-order chi connectivity index (χ0) is 9.14. The first-order chi connectivity index (χ1) is 5.63. The lowest BCUT2D eigenvalue weighted by Gasteiger charge is -2.10. The van der Waals surface area contributed by atoms with E-state index < -0.39 is 18.1 Å². The number of hydrogen-bond acceptors (Lipinski definition) is 5. The van der Waals surface area contributed by atoms with Crippen molar-refractivity contribution in [2.75, 3.05) is 0 Å². The average molecular weight is 172 g/mol. The zero-order valence-electron chi connectivity index (χ0n) is 6.04. The Morgan fingerprint density at radius 1 is 1.75 bits per heavy atom. The molecule has 0 spiro atoms. The summed E-state index contributed by atoms with van der Waals surface area (Å²) in [4.78, 5) is 10.3. The number of carboxylic acids is 1. The molecule has 0 aliphatic carbocycles. The van der Waals surface area contributed by atoms with Crippen molar-refractivity contribution in [2.24, 2.45) is 5.73 Å². The van der Waals surface area contributed by atoms with Crippen molar-refractivity contribution in [3.05, 3.63) is 18.0 Å². The molecule has 1 rings (SSSR count). The molecule has 6 heteroatoms. The lowest BCUT2D eigenvalue weighted by molar-refractivity contribution is -0.141. The van der Waals surface area contributed by atoms with Gasteiger partial charge in [-0.3, -0.25) is 4.79 Å². The lowest BCUT2D eigenvalue weighted by Crippen LogP contribution is -2.36. The van der Waals surface area contributed by atoms with Crippen LogP contribution in [0.15, 0.2) is 16.9 Å². The SMILES string of the molecule is NC(C(=O)O)C(O)c1ccon1. The first-order valence-corrected chi connectivity index (χ1v) is 3.19. The summed E-state index contributed by atoms with van der Waals surface area (Å²) in [5.74, 6) is -1.29. The molecule has 0 saturated carbocycles. The van der Waals surface area contributed by atoms with Crippen LogP contribution in [0.1, 0.15) is 11.8 Å². The number of aliphatic carboxylic acids is 1. The quantitative estimate of drug-likeness (QED) is 0.546. The highest BCUT2D eigenvalue weighted by Crippen LogP contribution is 2.12. The van der Waals surface area contributed by atoms with Gasteiger partial charge < -0.3 is 20.5 Å². The number of aromatic nitrogens is 1. The standard InChI is InChI=1S/C6H8N2O4/c7-4(6(10)11)5(9)3-1-2-12-8-3/h1-2,4-5,9H,7H2,(H,10,11). The van der Waals surface area contributed by atoms with Crippen LogP contribution >= 0.6 is 0 Å². The number of hydrogen-bond donors (Lipinski definition) is 3. The fourth-order valence-electron chi connectivity index (χ4n) is 0.693. The summed E-state index contributed by atoms with van der Waals surface area (Å²) in [6.07, 6.45) is -0.103. The molecule has 0 fully saturated rings. The Balaban J connectivity index is 2.71. The molecule has 0 bridgehead atoms. The lowest BCUT2D eigenvalue weighted by atomic mass is 10.1. The highest BCUT2D eigenvalue weighted by Gasteiger charge is 2.25. The van der Waals surface area contributed by atoms with Gasteiger partial charge in [0.25, 0.3) is 0 Å². The average Bonchev–Trinajstić information content (AvgIpc) is 2.53. The van der Waals surface area contributed by atoms with E-state index in [0.29, 0.717) is 0 Å². The molecule has 2 atom stereocenters. The second-order valence-electron chi connectivity index (χ2n) is 2.23. The van der Waals surface area contributed by atoms with E-state index in [1.54, 1.807) is 0 Å². The molecule has 0 aliphatic heterocycles. The van der Waals surface area contributed by atoms with Crippen molar-refractivity contribution >= 4 is 5.97 Å². The minimum absolute atomic E-state index is 0.116. The van der Waals surface area contributed by atoms with E-state index in [0.717, 1.165) is 0 Å². The smallest absolute Gasteiger partial charge is 0.323 e. The Kier molecular flexibility index (Phi) is 2.41. The van der Waals surface area contributed by atoms with Gasteiger partial charge in [-0.2, -0.15) is 0 Å². The normalized spacial score (nSPS) is 15.5. The third-order valence-corrected chi connectivity index (χ3v) is 1.39. The molecule has 0 radical (unpaired) electrons. The van der Waals surface area contributed by atoms with Crippen molar-refractivity contribution in [1.29, 1.82) is 0 Å². The van der Waals surface area contributed by atoms with E-state index in [1.807, 2.05) is 0 Å². The largest absolute Gasteiger partial charge is 0.480 e. The van der Waals surface area contributed by atoms with E-state index >= 15 is 0 Å². The third-order valence-electron chi connectivity index (χ3n) is 1.39. The van der Waals surface area contributed by atoms with Crippen LogP contribution in [0.4, 0.5) is 0 Å². The van der Waals surface area contributed by atoms with Gasteiger partial charge in [0.05, 0.1) is 0 Å². The van der Waals surface area contributed by atoms with Crippen LogP contribution in [0.5, 0.6) is 0 Å². The summed E-state index contributed by atoms with van der Waals surface area (Å²) in [6.45, 7) is 0. The highest BCUT2D eigenvalue weighted by molar-refractivity contribution is 5.74. The minimum atomic E-state index is -1.38. The predicted molar refractivity (Wildman–Crippen MR) is 37.1 cm³/mol. The molecule has 6 nitrogen and oxygen atoms in total. The molecule has 66 valence electrons. The minimum Gasteiger partial charge on any atom is -0.480 e. The fourth-order valence-corrected chi connectivity index (χ4v) is 0.693. The maximum Gasteiger partial charge on any atom is 0.323 e. The Morgan fingerprint density at radius 3 is 2.83 bits per heavy atom. The number of nitrogens with zero attached hydrogens (tertiary/aromatic N) is 1. The van der Waals surface area contributed by atoms with Gasteiger partial charge in [0.2, 0.25) is 0 Å². The number of aliphatic hydroxyl groups is 1. The Bertz CT molecular complexity index is 259. The van der Waals surface area contributed by atoms with Crippen LogP contribution in [0.3, 0.4) is 0 Å². The Morgan fingerprint density at radius 2 is 2.42 bits per heavy atom. The van der Waals surface area contributed by atoms with Crippen LogP contribution in [-0.4, -0.2) is 27.4 Å². The third kappa shape index (κ3) is 1.60. The maximum absolute atomic E-state index is 10.3. The molecule has 0 saturated heterocycles. The first kappa shape index (κ1) is 8.69. The molecule has 4 N–H and O–H groups in total. The Hall–Kier alpha value is -1.40. The van der Waals surface area contributed by atoms with E-state index in [2.05, 4.69) is 9.68 Å². The summed E-state index contributed by atoms with van der Waals surface area (Å²) in [7, 11) is 0. The fraction of sp³-hybridized carbons (Fsp3) is 0.333. The second-order valence-corrected chi connectivity index (χ2v) is 2.23. The van der Waals surface area contributed by atoms with Crippen LogP contribution in [0.2, 0.25) is 0 Å². The number of carbonyl (C=O) groups is 1. The van der Waals surface area contributed by atoms with Crippen molar-refractivity contribution in [3.8, 4) is 0 Å². The summed E-state index contributed by atoms with van der Waals surface area (Å²) in [5.41, 5.74) is 5.24. The van der Waals surface area contributed by atoms with E-state index in [-0.39, 0.29) is 5.69 Å². The van der Waals surface area contributed by atoms with Gasteiger partial charge in [-0.15, -0.1) is 0 Å². The maximum atomic E-state index is 10.3. The van der Waals surface area contributed by atoms with Gasteiger partial charge in [0.1, 0.15) is 24.1 Å². The van der Waals surface area contributed by atoms with Gasteiger partial charge in [0, 0.05) is 6.07 Å². The molecular formula is C6H8N2O4. The van der Waals surface area contributed by atoms with Crippen molar-refractivity contribution < 1.29 is 19.5 Å². The number of nitrogens with two attached hydrogens (primary N) is 1. The summed E-state index contributed by atoms with van der Waals surface area (Å²) in [5, 5.41) is 21.0. The summed E-state index contributed by atoms with van der Waals surface area (Å²) < 4.78 is 4.41. The molecule has 12 heavy (non-hydrogen) atoms. The van der Waals surface area contributed by atoms with Crippen molar-refractivity contribution in [3.63, 3.8) is 0 Å². The molecule has 1 aromatic heterocycles. The molecule has 0 amide bonds. The van der Waals surface area contributed by atoms with Gasteiger partial charge in [0.15, 0.2) is 0 Å². The van der Waals surface area contributed by atoms with Crippen LogP contribution in [0.25, 0.3) is 0 Å². The molecular weight excluding hydrogens is 164 g/mol. The van der Waals surface area contributed by atoms with Crippen molar-refractivity contribution in [2.45, 2.75) is 12.1 Å². The molecule has 1 aromatic rings. The second kappa shape index (κ2) is 3.33. The van der Waals surface area contributed by atoms with Crippen molar-refractivity contribution in [1.82, 2.24) is 5.16 Å². The van der Waals surface area contributed by atoms with E-state index in [4.69, 9.17) is 10.8 Å². The van der Waals surface area contributed by atoms with E-state index in [9.17, 15) is 9.90 Å². The Labute approximate surface area is 67.6 Å². The van der Waals surface area contributed by atoms with Crippen LogP contribution in [-0.2, 0) is 4.79 Å². The number of rotatable bonds is 3. The highest BCUT2D eigenvalue weighted by atomic mass is 16.5. The predicted octanol–water partition coefficient (Wildman–Crippen LogP) is -0.880. The van der Waals surface area contributed by atoms with Crippen LogP contribution in [0, 0.1) is 0 Å². The topological polar surface area (TPSA) is 110 Å². The summed E-state index contributed by atoms with van der Waals surface area (Å²) in [6, 6.07) is -0.0249. The van der Waals surface area contributed by atoms with E-state index in [1.165, 1.54) is 12.3 Å². The molecule has 0 aliphatic rings. The zero-order valence-corrected chi connectivity index (χ0v) is 6.04. The molecule has 2 unspecified atom stereocenters. The van der Waals surface area contributed by atoms with Gasteiger partial charge in [-0.05, 0) is 0 Å². The monoisotopic (exact) mass is 172 g/mol. The van der Waals surface area contributed by atoms with Gasteiger partial charge in [-0.25, -0.2) is 0 Å². The molecule has 1 heterocycles. The number of aliphatic hydroxyl groups excluding tert-OH is 1. The number of carboxylic acid groups (broad SMARTS) is 1.